The normalized spacial score (nSPS) is 17.5. The van der Waals surface area contributed by atoms with Crippen molar-refractivity contribution in [1.29, 1.82) is 5.26 Å². The monoisotopic (exact) mass is 328 g/mol. The summed E-state index contributed by atoms with van der Waals surface area (Å²) in [6, 6.07) is 5.99. The minimum absolute atomic E-state index is 0.395. The third kappa shape index (κ3) is 3.74. The molecule has 1 aliphatic rings. The van der Waals surface area contributed by atoms with Crippen molar-refractivity contribution in [3.8, 4) is 11.8 Å². The van der Waals surface area contributed by atoms with Crippen LogP contribution in [0.25, 0.3) is 0 Å². The third-order valence-corrected chi connectivity index (χ3v) is 3.91. The highest BCUT2D eigenvalue weighted by Gasteiger charge is 2.46. The van der Waals surface area contributed by atoms with E-state index in [0.717, 1.165) is 12.5 Å². The molecule has 0 aliphatic heterocycles. The van der Waals surface area contributed by atoms with Gasteiger partial charge in [0.25, 0.3) is 0 Å². The van der Waals surface area contributed by atoms with Gasteiger partial charge < -0.3 is 15.2 Å². The number of rotatable bonds is 5. The number of aliphatic hydroxyl groups is 1. The molecule has 0 bridgehead atoms. The Morgan fingerprint density at radius 2 is 2.17 bits per heavy atom. The number of amides is 1. The second-order valence-corrected chi connectivity index (χ2v) is 5.35. The predicted molar refractivity (Wildman–Crippen MR) is 73.3 cm³/mol. The molecule has 1 amide bonds. The van der Waals surface area contributed by atoms with Crippen LogP contribution in [0.1, 0.15) is 24.8 Å². The Labute approximate surface area is 130 Å². The van der Waals surface area contributed by atoms with Crippen molar-refractivity contribution in [3.63, 3.8) is 0 Å². The molecular formula is C15H15F3N2O3. The second kappa shape index (κ2) is 6.46. The first-order valence-electron chi connectivity index (χ1n) is 6.98. The molecular weight excluding hydrogens is 313 g/mol. The van der Waals surface area contributed by atoms with Crippen LogP contribution in [0.2, 0.25) is 0 Å². The summed E-state index contributed by atoms with van der Waals surface area (Å²) in [6.45, 7) is -0.532. The Morgan fingerprint density at radius 3 is 2.65 bits per heavy atom. The van der Waals surface area contributed by atoms with Gasteiger partial charge in [0.1, 0.15) is 11.8 Å². The molecule has 1 aliphatic carbocycles. The Bertz CT molecular complexity index is 621. The molecule has 2 rings (SSSR count). The van der Waals surface area contributed by atoms with Gasteiger partial charge in [-0.05, 0) is 30.5 Å². The molecule has 2 N–H and O–H groups in total. The fourth-order valence-electron chi connectivity index (χ4n) is 2.58. The van der Waals surface area contributed by atoms with Gasteiger partial charge in [0.05, 0.1) is 18.1 Å². The van der Waals surface area contributed by atoms with Gasteiger partial charge in [0.2, 0.25) is 5.91 Å². The number of benzene rings is 1. The molecule has 23 heavy (non-hydrogen) atoms. The van der Waals surface area contributed by atoms with Crippen LogP contribution < -0.4 is 10.1 Å². The SMILES string of the molecule is N#CC(CO)NC(=O)C1(c2cccc(OC(F)(F)F)c2)CCC1. The van der Waals surface area contributed by atoms with Gasteiger partial charge in [-0.25, -0.2) is 0 Å². The molecule has 1 saturated carbocycles. The number of hydrogen-bond donors (Lipinski definition) is 2. The maximum atomic E-state index is 12.4. The lowest BCUT2D eigenvalue weighted by Gasteiger charge is -2.41. The van der Waals surface area contributed by atoms with Crippen molar-refractivity contribution in [2.24, 2.45) is 0 Å². The number of nitrogens with zero attached hydrogens (tertiary/aromatic N) is 1. The molecule has 1 aromatic carbocycles. The molecule has 5 nitrogen and oxygen atoms in total. The Hall–Kier alpha value is -2.27. The number of ether oxygens (including phenoxy) is 1. The van der Waals surface area contributed by atoms with Crippen molar-refractivity contribution in [1.82, 2.24) is 5.32 Å². The van der Waals surface area contributed by atoms with Crippen molar-refractivity contribution >= 4 is 5.91 Å². The first-order valence-corrected chi connectivity index (χ1v) is 6.98. The van der Waals surface area contributed by atoms with Crippen LogP contribution in [0.15, 0.2) is 24.3 Å². The molecule has 0 heterocycles. The first kappa shape index (κ1) is 17.1. The van der Waals surface area contributed by atoms with Gasteiger partial charge in [-0.1, -0.05) is 18.6 Å². The highest BCUT2D eigenvalue weighted by molar-refractivity contribution is 5.89. The number of hydrogen-bond acceptors (Lipinski definition) is 4. The predicted octanol–water partition coefficient (Wildman–Crippen LogP) is 2.01. The minimum Gasteiger partial charge on any atom is -0.406 e. The zero-order valence-electron chi connectivity index (χ0n) is 12.1. The maximum absolute atomic E-state index is 12.4. The number of halogens is 3. The lowest BCUT2D eigenvalue weighted by molar-refractivity contribution is -0.274. The van der Waals surface area contributed by atoms with Crippen LogP contribution in [-0.4, -0.2) is 30.0 Å². The second-order valence-electron chi connectivity index (χ2n) is 5.35. The first-order chi connectivity index (χ1) is 10.8. The largest absolute Gasteiger partial charge is 0.573 e. The van der Waals surface area contributed by atoms with E-state index in [2.05, 4.69) is 10.1 Å². The van der Waals surface area contributed by atoms with Crippen molar-refractivity contribution < 1.29 is 27.8 Å². The molecule has 0 spiro atoms. The van der Waals surface area contributed by atoms with E-state index in [9.17, 15) is 18.0 Å². The lowest BCUT2D eigenvalue weighted by atomic mass is 9.63. The molecule has 0 aromatic heterocycles. The third-order valence-electron chi connectivity index (χ3n) is 3.91. The highest BCUT2D eigenvalue weighted by atomic mass is 19.4. The van der Waals surface area contributed by atoms with Crippen LogP contribution in [-0.2, 0) is 10.2 Å². The van der Waals surface area contributed by atoms with Gasteiger partial charge in [-0.15, -0.1) is 13.2 Å². The molecule has 124 valence electrons. The van der Waals surface area contributed by atoms with E-state index < -0.39 is 36.1 Å². The van der Waals surface area contributed by atoms with E-state index in [-0.39, 0.29) is 0 Å². The van der Waals surface area contributed by atoms with E-state index in [1.54, 1.807) is 12.1 Å². The number of carbonyl (C=O) groups is 1. The van der Waals surface area contributed by atoms with Crippen molar-refractivity contribution in [3.05, 3.63) is 29.8 Å². The minimum atomic E-state index is -4.81. The molecule has 1 aromatic rings. The summed E-state index contributed by atoms with van der Waals surface area (Å²) in [7, 11) is 0. The Kier molecular flexibility index (Phi) is 4.80. The summed E-state index contributed by atoms with van der Waals surface area (Å²) in [5.41, 5.74) is -0.590. The number of aliphatic hydroxyl groups excluding tert-OH is 1. The van der Waals surface area contributed by atoms with Crippen LogP contribution in [0, 0.1) is 11.3 Å². The standard InChI is InChI=1S/C15H15F3N2O3/c16-15(17,18)23-12-4-1-3-10(7-12)14(5-2-6-14)13(22)20-11(8-19)9-21/h1,3-4,7,11,21H,2,5-6,9H2,(H,20,22). The molecule has 0 saturated heterocycles. The van der Waals surface area contributed by atoms with Crippen molar-refractivity contribution in [2.75, 3.05) is 6.61 Å². The van der Waals surface area contributed by atoms with Crippen LogP contribution in [0.4, 0.5) is 13.2 Å². The number of nitriles is 1. The van der Waals surface area contributed by atoms with Gasteiger partial charge >= 0.3 is 6.36 Å². The average molecular weight is 328 g/mol. The zero-order valence-corrected chi connectivity index (χ0v) is 12.1. The van der Waals surface area contributed by atoms with E-state index in [1.807, 2.05) is 0 Å². The number of nitrogens with one attached hydrogen (secondary N) is 1. The summed E-state index contributed by atoms with van der Waals surface area (Å²) < 4.78 is 40.9. The Balaban J connectivity index is 2.25. The summed E-state index contributed by atoms with van der Waals surface area (Å²) in [5.74, 6) is -0.874. The zero-order chi connectivity index (χ0) is 17.1. The smallest absolute Gasteiger partial charge is 0.406 e. The van der Waals surface area contributed by atoms with Gasteiger partial charge in [0.15, 0.2) is 0 Å². The van der Waals surface area contributed by atoms with E-state index in [4.69, 9.17) is 10.4 Å². The summed E-state index contributed by atoms with van der Waals surface area (Å²) >= 11 is 0. The molecule has 1 unspecified atom stereocenters. The number of carbonyl (C=O) groups excluding carboxylic acids is 1. The highest BCUT2D eigenvalue weighted by Crippen LogP contribution is 2.45. The molecule has 0 radical (unpaired) electrons. The summed E-state index contributed by atoms with van der Waals surface area (Å²) in [5, 5.41) is 20.2. The van der Waals surface area contributed by atoms with Crippen LogP contribution in [0.3, 0.4) is 0 Å². The van der Waals surface area contributed by atoms with Gasteiger partial charge in [0, 0.05) is 0 Å². The fraction of sp³-hybridized carbons (Fsp3) is 0.467. The Morgan fingerprint density at radius 1 is 1.48 bits per heavy atom. The topological polar surface area (TPSA) is 82.4 Å². The fourth-order valence-corrected chi connectivity index (χ4v) is 2.58. The lowest BCUT2D eigenvalue weighted by Crippen LogP contribution is -2.52. The van der Waals surface area contributed by atoms with Crippen LogP contribution in [0.5, 0.6) is 5.75 Å². The summed E-state index contributed by atoms with van der Waals surface area (Å²) in [6.07, 6.45) is -3.15. The van der Waals surface area contributed by atoms with E-state index in [1.165, 1.54) is 12.1 Å². The van der Waals surface area contributed by atoms with E-state index >= 15 is 0 Å². The number of alkyl halides is 3. The van der Waals surface area contributed by atoms with Crippen LogP contribution >= 0.6 is 0 Å². The average Bonchev–Trinajstić information content (AvgIpc) is 2.42. The molecule has 1 fully saturated rings. The maximum Gasteiger partial charge on any atom is 0.573 e. The molecule has 1 atom stereocenters. The van der Waals surface area contributed by atoms with Gasteiger partial charge in [-0.2, -0.15) is 5.26 Å². The van der Waals surface area contributed by atoms with Crippen molar-refractivity contribution in [2.45, 2.75) is 37.1 Å². The summed E-state index contributed by atoms with van der Waals surface area (Å²) in [4.78, 5) is 12.4. The quantitative estimate of drug-likeness (QED) is 0.866. The van der Waals surface area contributed by atoms with Gasteiger partial charge in [-0.3, -0.25) is 4.79 Å². The molecule has 8 heteroatoms. The van der Waals surface area contributed by atoms with E-state index in [0.29, 0.717) is 18.4 Å².